The Bertz CT molecular complexity index is 792. The fourth-order valence-electron chi connectivity index (χ4n) is 4.28. The monoisotopic (exact) mass is 382 g/mol. The molecule has 1 amide bonds. The molecule has 1 saturated heterocycles. The van der Waals surface area contributed by atoms with Crippen LogP contribution in [-0.4, -0.2) is 23.9 Å². The van der Waals surface area contributed by atoms with E-state index >= 15 is 0 Å². The summed E-state index contributed by atoms with van der Waals surface area (Å²) in [5.41, 5.74) is 3.14. The average molecular weight is 383 g/mol. The topological polar surface area (TPSA) is 32.3 Å². The van der Waals surface area contributed by atoms with Crippen molar-refractivity contribution in [3.8, 4) is 0 Å². The quantitative estimate of drug-likeness (QED) is 0.787. The van der Waals surface area contributed by atoms with E-state index < -0.39 is 5.41 Å². The van der Waals surface area contributed by atoms with Crippen molar-refractivity contribution in [2.75, 3.05) is 13.1 Å². The molecule has 4 rings (SSSR count). The minimum absolute atomic E-state index is 0.122. The molecule has 1 heterocycles. The number of carbonyl (C=O) groups is 1. The van der Waals surface area contributed by atoms with Gasteiger partial charge in [-0.3, -0.25) is 9.69 Å². The lowest BCUT2D eigenvalue weighted by Crippen LogP contribution is -2.49. The van der Waals surface area contributed by atoms with Crippen LogP contribution in [0.5, 0.6) is 0 Å². The molecule has 4 heteroatoms. The summed E-state index contributed by atoms with van der Waals surface area (Å²) in [5.74, 6) is 0.122. The van der Waals surface area contributed by atoms with Gasteiger partial charge in [0.15, 0.2) is 0 Å². The number of carbonyl (C=O) groups excluding carboxylic acids is 1. The summed E-state index contributed by atoms with van der Waals surface area (Å²) >= 11 is 6.15. The van der Waals surface area contributed by atoms with Crippen molar-refractivity contribution < 1.29 is 4.79 Å². The van der Waals surface area contributed by atoms with Gasteiger partial charge in [0.2, 0.25) is 5.91 Å². The summed E-state index contributed by atoms with van der Waals surface area (Å²) in [6.45, 7) is 4.03. The number of halogens is 1. The highest BCUT2D eigenvalue weighted by Crippen LogP contribution is 2.44. The first-order valence-corrected chi connectivity index (χ1v) is 10.4. The first kappa shape index (κ1) is 18.5. The van der Waals surface area contributed by atoms with Crippen molar-refractivity contribution in [3.05, 3.63) is 70.2 Å². The van der Waals surface area contributed by atoms with Crippen LogP contribution < -0.4 is 5.32 Å². The number of hydrogen-bond acceptors (Lipinski definition) is 2. The van der Waals surface area contributed by atoms with Gasteiger partial charge < -0.3 is 5.32 Å². The Morgan fingerprint density at radius 2 is 1.70 bits per heavy atom. The van der Waals surface area contributed by atoms with E-state index in [9.17, 15) is 4.79 Å². The molecule has 1 saturated carbocycles. The third kappa shape index (κ3) is 4.04. The second-order valence-electron chi connectivity index (χ2n) is 7.93. The van der Waals surface area contributed by atoms with E-state index in [-0.39, 0.29) is 5.91 Å². The molecule has 0 atom stereocenters. The lowest BCUT2D eigenvalue weighted by molar-refractivity contribution is -0.130. The van der Waals surface area contributed by atoms with Gasteiger partial charge in [0.05, 0.1) is 5.41 Å². The maximum atomic E-state index is 13.0. The normalized spacial score (nSPS) is 18.9. The molecular formula is C23H27ClN2O. The second-order valence-corrected chi connectivity index (χ2v) is 8.36. The third-order valence-corrected chi connectivity index (χ3v) is 6.33. The first-order valence-electron chi connectivity index (χ1n) is 10.0. The summed E-state index contributed by atoms with van der Waals surface area (Å²) in [4.78, 5) is 15.5. The molecule has 2 fully saturated rings. The zero-order chi connectivity index (χ0) is 18.7. The third-order valence-electron chi connectivity index (χ3n) is 6.10. The van der Waals surface area contributed by atoms with Crippen molar-refractivity contribution in [2.45, 2.75) is 50.6 Å². The van der Waals surface area contributed by atoms with Crippen LogP contribution in [0.1, 0.15) is 48.8 Å². The van der Waals surface area contributed by atoms with Crippen LogP contribution in [0.2, 0.25) is 5.02 Å². The molecule has 2 aromatic carbocycles. The summed E-state index contributed by atoms with van der Waals surface area (Å²) in [7, 11) is 0. The molecule has 27 heavy (non-hydrogen) atoms. The molecule has 0 aromatic heterocycles. The molecule has 2 aliphatic rings. The summed E-state index contributed by atoms with van der Waals surface area (Å²) in [6, 6.07) is 16.4. The molecule has 142 valence electrons. The van der Waals surface area contributed by atoms with Crippen molar-refractivity contribution in [1.82, 2.24) is 10.2 Å². The molecule has 1 aliphatic heterocycles. The van der Waals surface area contributed by atoms with Gasteiger partial charge in [0.25, 0.3) is 0 Å². The highest BCUT2D eigenvalue weighted by Gasteiger charge is 2.45. The SMILES string of the molecule is O=C(NCc1ccc(CN2CCCC2)cc1)C1(c2cccc(Cl)c2)CCC1. The largest absolute Gasteiger partial charge is 0.351 e. The van der Waals surface area contributed by atoms with Crippen LogP contribution in [0.25, 0.3) is 0 Å². The van der Waals surface area contributed by atoms with E-state index in [2.05, 4.69) is 34.5 Å². The van der Waals surface area contributed by atoms with Gasteiger partial charge in [-0.1, -0.05) is 54.4 Å². The molecule has 0 bridgehead atoms. The Balaban J connectivity index is 1.37. The Morgan fingerprint density at radius 3 is 2.33 bits per heavy atom. The Morgan fingerprint density at radius 1 is 1.00 bits per heavy atom. The highest BCUT2D eigenvalue weighted by molar-refractivity contribution is 6.30. The number of hydrogen-bond donors (Lipinski definition) is 1. The zero-order valence-electron chi connectivity index (χ0n) is 15.7. The Hall–Kier alpha value is -1.84. The molecule has 2 aromatic rings. The second kappa shape index (κ2) is 8.04. The van der Waals surface area contributed by atoms with E-state index in [1.54, 1.807) is 0 Å². The van der Waals surface area contributed by atoms with Gasteiger partial charge in [-0.15, -0.1) is 0 Å². The van der Waals surface area contributed by atoms with E-state index in [0.29, 0.717) is 11.6 Å². The highest BCUT2D eigenvalue weighted by atomic mass is 35.5. The molecule has 1 aliphatic carbocycles. The van der Waals surface area contributed by atoms with Crippen LogP contribution in [0.3, 0.4) is 0 Å². The fourth-order valence-corrected chi connectivity index (χ4v) is 4.47. The molecule has 3 nitrogen and oxygen atoms in total. The van der Waals surface area contributed by atoms with Gasteiger partial charge >= 0.3 is 0 Å². The minimum atomic E-state index is -0.402. The molecule has 1 N–H and O–H groups in total. The smallest absolute Gasteiger partial charge is 0.230 e. The molecule has 0 unspecified atom stereocenters. The number of amides is 1. The van der Waals surface area contributed by atoms with E-state index in [1.165, 1.54) is 31.5 Å². The maximum absolute atomic E-state index is 13.0. The number of likely N-dealkylation sites (tertiary alicyclic amines) is 1. The van der Waals surface area contributed by atoms with E-state index in [4.69, 9.17) is 11.6 Å². The summed E-state index contributed by atoms with van der Waals surface area (Å²) in [6.07, 6.45) is 5.52. The molecular weight excluding hydrogens is 356 g/mol. The van der Waals surface area contributed by atoms with Gasteiger partial charge in [0.1, 0.15) is 0 Å². The number of benzene rings is 2. The van der Waals surface area contributed by atoms with Crippen LogP contribution in [0.15, 0.2) is 48.5 Å². The van der Waals surface area contributed by atoms with Crippen LogP contribution in [0, 0.1) is 0 Å². The van der Waals surface area contributed by atoms with Gasteiger partial charge in [0, 0.05) is 18.1 Å². The predicted octanol–water partition coefficient (Wildman–Crippen LogP) is 4.67. The van der Waals surface area contributed by atoms with Gasteiger partial charge in [-0.05, 0) is 67.6 Å². The summed E-state index contributed by atoms with van der Waals surface area (Å²) in [5, 5.41) is 3.85. The van der Waals surface area contributed by atoms with Crippen molar-refractivity contribution in [1.29, 1.82) is 0 Å². The average Bonchev–Trinajstić information content (AvgIpc) is 3.13. The first-order chi connectivity index (χ1) is 13.2. The standard InChI is InChI=1S/C23H27ClN2O/c24-21-6-3-5-20(15-21)23(11-4-12-23)22(27)25-16-18-7-9-19(10-8-18)17-26-13-1-2-14-26/h3,5-10,15H,1-2,4,11-14,16-17H2,(H,25,27). The molecule has 0 spiro atoms. The zero-order valence-corrected chi connectivity index (χ0v) is 16.5. The van der Waals surface area contributed by atoms with E-state index in [0.717, 1.165) is 36.9 Å². The van der Waals surface area contributed by atoms with Crippen molar-refractivity contribution >= 4 is 17.5 Å². The summed E-state index contributed by atoms with van der Waals surface area (Å²) < 4.78 is 0. The van der Waals surface area contributed by atoms with Crippen LogP contribution in [0.4, 0.5) is 0 Å². The fraction of sp³-hybridized carbons (Fsp3) is 0.435. The van der Waals surface area contributed by atoms with Crippen LogP contribution >= 0.6 is 11.6 Å². The molecule has 0 radical (unpaired) electrons. The van der Waals surface area contributed by atoms with Crippen molar-refractivity contribution in [2.24, 2.45) is 0 Å². The Kier molecular flexibility index (Phi) is 5.51. The lowest BCUT2D eigenvalue weighted by atomic mass is 9.64. The minimum Gasteiger partial charge on any atom is -0.351 e. The van der Waals surface area contributed by atoms with Crippen molar-refractivity contribution in [3.63, 3.8) is 0 Å². The lowest BCUT2D eigenvalue weighted by Gasteiger charge is -2.40. The van der Waals surface area contributed by atoms with Gasteiger partial charge in [-0.25, -0.2) is 0 Å². The predicted molar refractivity (Wildman–Crippen MR) is 110 cm³/mol. The van der Waals surface area contributed by atoms with Crippen LogP contribution in [-0.2, 0) is 23.3 Å². The van der Waals surface area contributed by atoms with E-state index in [1.807, 2.05) is 24.3 Å². The Labute approximate surface area is 166 Å². The number of rotatable bonds is 6. The van der Waals surface area contributed by atoms with Gasteiger partial charge in [-0.2, -0.15) is 0 Å². The maximum Gasteiger partial charge on any atom is 0.230 e. The number of nitrogens with one attached hydrogen (secondary N) is 1. The number of nitrogens with zero attached hydrogens (tertiary/aromatic N) is 1.